The highest BCUT2D eigenvalue weighted by Crippen LogP contribution is 2.36. The van der Waals surface area contributed by atoms with E-state index in [0.717, 1.165) is 4.47 Å². The van der Waals surface area contributed by atoms with Gasteiger partial charge in [-0.2, -0.15) is 0 Å². The van der Waals surface area contributed by atoms with Crippen LogP contribution in [-0.4, -0.2) is 5.97 Å². The van der Waals surface area contributed by atoms with E-state index in [1.807, 2.05) is 18.2 Å². The van der Waals surface area contributed by atoms with Gasteiger partial charge in [0.05, 0.1) is 14.5 Å². The number of carbonyl (C=O) groups is 1. The van der Waals surface area contributed by atoms with Crippen LogP contribution in [0.5, 0.6) is 5.75 Å². The van der Waals surface area contributed by atoms with Crippen LogP contribution >= 0.6 is 47.8 Å². The Kier molecular flexibility index (Phi) is 4.59. The third-order valence-corrected chi connectivity index (χ3v) is 3.80. The standard InChI is InChI=1S/C13H7Br3O2/c14-9-6-10(15)12(11(16)7-9)18-13(17)8-4-2-1-3-5-8/h1-7H. The molecule has 0 aromatic heterocycles. The van der Waals surface area contributed by atoms with Gasteiger partial charge in [0.15, 0.2) is 5.75 Å². The molecule has 0 spiro atoms. The summed E-state index contributed by atoms with van der Waals surface area (Å²) >= 11 is 10.1. The largest absolute Gasteiger partial charge is 0.421 e. The Bertz CT molecular complexity index is 559. The molecule has 2 aromatic carbocycles. The van der Waals surface area contributed by atoms with Gasteiger partial charge >= 0.3 is 5.97 Å². The molecule has 92 valence electrons. The Morgan fingerprint density at radius 2 is 1.50 bits per heavy atom. The lowest BCUT2D eigenvalue weighted by Gasteiger charge is -2.09. The fourth-order valence-electron chi connectivity index (χ4n) is 1.35. The van der Waals surface area contributed by atoms with Crippen LogP contribution in [0.3, 0.4) is 0 Å². The van der Waals surface area contributed by atoms with E-state index in [4.69, 9.17) is 4.74 Å². The molecule has 0 aliphatic carbocycles. The molecule has 0 radical (unpaired) electrons. The Morgan fingerprint density at radius 1 is 0.944 bits per heavy atom. The summed E-state index contributed by atoms with van der Waals surface area (Å²) in [4.78, 5) is 11.9. The van der Waals surface area contributed by atoms with Crippen molar-refractivity contribution in [2.45, 2.75) is 0 Å². The molecular formula is C13H7Br3O2. The van der Waals surface area contributed by atoms with E-state index in [-0.39, 0.29) is 5.97 Å². The number of carbonyl (C=O) groups excluding carboxylic acids is 1. The van der Waals surface area contributed by atoms with Gasteiger partial charge in [0.25, 0.3) is 0 Å². The van der Waals surface area contributed by atoms with Crippen molar-refractivity contribution in [3.8, 4) is 5.75 Å². The minimum absolute atomic E-state index is 0.390. The zero-order valence-electron chi connectivity index (χ0n) is 8.99. The molecule has 18 heavy (non-hydrogen) atoms. The molecule has 2 rings (SSSR count). The predicted octanol–water partition coefficient (Wildman–Crippen LogP) is 5.19. The predicted molar refractivity (Wildman–Crippen MR) is 80.9 cm³/mol. The van der Waals surface area contributed by atoms with Gasteiger partial charge in [0.1, 0.15) is 0 Å². The maximum absolute atomic E-state index is 11.9. The molecule has 5 heteroatoms. The normalized spacial score (nSPS) is 10.2. The number of hydrogen-bond acceptors (Lipinski definition) is 2. The quantitative estimate of drug-likeness (QED) is 0.480. The van der Waals surface area contributed by atoms with Crippen LogP contribution < -0.4 is 4.74 Å². The second kappa shape index (κ2) is 5.99. The Hall–Kier alpha value is -0.650. The molecule has 0 aliphatic heterocycles. The van der Waals surface area contributed by atoms with Crippen LogP contribution in [0.25, 0.3) is 0 Å². The highest BCUT2D eigenvalue weighted by atomic mass is 79.9. The number of rotatable bonds is 2. The lowest BCUT2D eigenvalue weighted by atomic mass is 10.2. The van der Waals surface area contributed by atoms with Crippen molar-refractivity contribution in [3.63, 3.8) is 0 Å². The van der Waals surface area contributed by atoms with Crippen molar-refractivity contribution in [2.75, 3.05) is 0 Å². The van der Waals surface area contributed by atoms with Crippen molar-refractivity contribution >= 4 is 53.8 Å². The van der Waals surface area contributed by atoms with Crippen LogP contribution in [0.1, 0.15) is 10.4 Å². The number of ether oxygens (including phenoxy) is 1. The molecule has 0 bridgehead atoms. The van der Waals surface area contributed by atoms with Gasteiger partial charge in [0, 0.05) is 4.47 Å². The van der Waals surface area contributed by atoms with E-state index in [1.54, 1.807) is 24.3 Å². The zero-order valence-corrected chi connectivity index (χ0v) is 13.7. The van der Waals surface area contributed by atoms with Crippen LogP contribution in [0.15, 0.2) is 55.9 Å². The minimum Gasteiger partial charge on any atom is -0.421 e. The van der Waals surface area contributed by atoms with E-state index < -0.39 is 0 Å². The summed E-state index contributed by atoms with van der Waals surface area (Å²) in [5.41, 5.74) is 0.513. The lowest BCUT2D eigenvalue weighted by molar-refractivity contribution is 0.0732. The Labute approximate surface area is 130 Å². The van der Waals surface area contributed by atoms with Gasteiger partial charge in [-0.05, 0) is 56.1 Å². The van der Waals surface area contributed by atoms with Gasteiger partial charge in [0.2, 0.25) is 0 Å². The van der Waals surface area contributed by atoms with Gasteiger partial charge in [-0.15, -0.1) is 0 Å². The maximum atomic E-state index is 11.9. The van der Waals surface area contributed by atoms with Crippen molar-refractivity contribution in [2.24, 2.45) is 0 Å². The summed E-state index contributed by atoms with van der Waals surface area (Å²) < 4.78 is 7.66. The maximum Gasteiger partial charge on any atom is 0.343 e. The summed E-state index contributed by atoms with van der Waals surface area (Å²) in [5, 5.41) is 0. The number of hydrogen-bond donors (Lipinski definition) is 0. The Balaban J connectivity index is 2.28. The fraction of sp³-hybridized carbons (Fsp3) is 0. The van der Waals surface area contributed by atoms with Gasteiger partial charge in [-0.3, -0.25) is 0 Å². The van der Waals surface area contributed by atoms with Gasteiger partial charge in [-0.1, -0.05) is 34.1 Å². The smallest absolute Gasteiger partial charge is 0.343 e. The average Bonchev–Trinajstić information content (AvgIpc) is 2.34. The number of esters is 1. The molecule has 2 aromatic rings. The minimum atomic E-state index is -0.390. The summed E-state index contributed by atoms with van der Waals surface area (Å²) in [5.74, 6) is 0.0753. The molecule has 0 heterocycles. The highest BCUT2D eigenvalue weighted by Gasteiger charge is 2.14. The molecule has 0 saturated heterocycles. The van der Waals surface area contributed by atoms with Crippen LogP contribution in [0.2, 0.25) is 0 Å². The molecule has 0 aliphatic rings. The first-order chi connectivity index (χ1) is 8.58. The monoisotopic (exact) mass is 432 g/mol. The first kappa shape index (κ1) is 13.8. The molecule has 0 atom stereocenters. The summed E-state index contributed by atoms with van der Waals surface area (Å²) in [6.45, 7) is 0. The lowest BCUT2D eigenvalue weighted by Crippen LogP contribution is -2.09. The number of halogens is 3. The molecule has 0 fully saturated rings. The first-order valence-electron chi connectivity index (χ1n) is 4.99. The molecule has 0 unspecified atom stereocenters. The molecule has 0 N–H and O–H groups in total. The van der Waals surface area contributed by atoms with Crippen molar-refractivity contribution in [3.05, 3.63) is 61.4 Å². The molecule has 2 nitrogen and oxygen atoms in total. The van der Waals surface area contributed by atoms with E-state index in [9.17, 15) is 4.79 Å². The fourth-order valence-corrected chi connectivity index (χ4v) is 3.77. The van der Waals surface area contributed by atoms with E-state index >= 15 is 0 Å². The summed E-state index contributed by atoms with van der Waals surface area (Å²) in [7, 11) is 0. The zero-order chi connectivity index (χ0) is 13.1. The SMILES string of the molecule is O=C(Oc1c(Br)cc(Br)cc1Br)c1ccccc1. The number of benzene rings is 2. The first-order valence-corrected chi connectivity index (χ1v) is 7.37. The van der Waals surface area contributed by atoms with E-state index in [2.05, 4.69) is 47.8 Å². The van der Waals surface area contributed by atoms with Crippen molar-refractivity contribution < 1.29 is 9.53 Å². The van der Waals surface area contributed by atoms with Crippen LogP contribution in [-0.2, 0) is 0 Å². The van der Waals surface area contributed by atoms with Gasteiger partial charge < -0.3 is 4.74 Å². The van der Waals surface area contributed by atoms with Gasteiger partial charge in [-0.25, -0.2) is 4.79 Å². The Morgan fingerprint density at radius 3 is 2.06 bits per heavy atom. The average molecular weight is 435 g/mol. The third-order valence-electron chi connectivity index (χ3n) is 2.17. The highest BCUT2D eigenvalue weighted by molar-refractivity contribution is 9.11. The summed E-state index contributed by atoms with van der Waals surface area (Å²) in [6.07, 6.45) is 0. The second-order valence-corrected chi connectivity index (χ2v) is 6.08. The van der Waals surface area contributed by atoms with Crippen LogP contribution in [0, 0.1) is 0 Å². The molecular weight excluding hydrogens is 428 g/mol. The van der Waals surface area contributed by atoms with Crippen molar-refractivity contribution in [1.29, 1.82) is 0 Å². The molecule has 0 saturated carbocycles. The van der Waals surface area contributed by atoms with E-state index in [0.29, 0.717) is 20.3 Å². The van der Waals surface area contributed by atoms with E-state index in [1.165, 1.54) is 0 Å². The second-order valence-electron chi connectivity index (χ2n) is 3.45. The topological polar surface area (TPSA) is 26.3 Å². The summed E-state index contributed by atoms with van der Waals surface area (Å²) in [6, 6.07) is 12.5. The van der Waals surface area contributed by atoms with Crippen LogP contribution in [0.4, 0.5) is 0 Å². The molecule has 0 amide bonds. The third kappa shape index (κ3) is 3.22. The van der Waals surface area contributed by atoms with Crippen molar-refractivity contribution in [1.82, 2.24) is 0 Å².